The maximum absolute atomic E-state index is 11.1. The third kappa shape index (κ3) is 3.49. The van der Waals surface area contributed by atoms with Crippen molar-refractivity contribution in [2.75, 3.05) is 31.7 Å². The molecule has 2 heterocycles. The molecule has 0 atom stereocenters. The van der Waals surface area contributed by atoms with Crippen molar-refractivity contribution in [3.05, 3.63) is 24.2 Å². The molecular formula is C14H20N4O3. The van der Waals surface area contributed by atoms with Crippen LogP contribution >= 0.6 is 0 Å². The monoisotopic (exact) mass is 292 g/mol. The van der Waals surface area contributed by atoms with E-state index >= 15 is 0 Å². The van der Waals surface area contributed by atoms with Crippen LogP contribution in [0.4, 0.5) is 5.82 Å². The van der Waals surface area contributed by atoms with Crippen LogP contribution in [0.3, 0.4) is 0 Å². The van der Waals surface area contributed by atoms with Crippen LogP contribution in [0.25, 0.3) is 5.52 Å². The lowest BCUT2D eigenvalue weighted by Crippen LogP contribution is -2.33. The summed E-state index contributed by atoms with van der Waals surface area (Å²) >= 11 is 0. The Bertz CT molecular complexity index is 624. The van der Waals surface area contributed by atoms with E-state index in [1.165, 1.54) is 0 Å². The molecule has 21 heavy (non-hydrogen) atoms. The van der Waals surface area contributed by atoms with Crippen molar-refractivity contribution in [1.82, 2.24) is 14.6 Å². The van der Waals surface area contributed by atoms with Gasteiger partial charge < -0.3 is 14.7 Å². The SMILES string of the molecule is COCCN(CC(=O)O)c1nccn2nc(C(C)C)cc12. The zero-order chi connectivity index (χ0) is 15.4. The molecule has 114 valence electrons. The highest BCUT2D eigenvalue weighted by molar-refractivity contribution is 5.77. The smallest absolute Gasteiger partial charge is 0.323 e. The van der Waals surface area contributed by atoms with Gasteiger partial charge in [-0.25, -0.2) is 9.50 Å². The van der Waals surface area contributed by atoms with Crippen LogP contribution in [0, 0.1) is 0 Å². The summed E-state index contributed by atoms with van der Waals surface area (Å²) in [6.07, 6.45) is 3.39. The minimum Gasteiger partial charge on any atom is -0.480 e. The first kappa shape index (κ1) is 15.2. The summed E-state index contributed by atoms with van der Waals surface area (Å²) in [6.45, 7) is 4.89. The van der Waals surface area contributed by atoms with Crippen molar-refractivity contribution in [3.8, 4) is 0 Å². The van der Waals surface area contributed by atoms with E-state index in [1.807, 2.05) is 6.07 Å². The first-order valence-corrected chi connectivity index (χ1v) is 6.83. The van der Waals surface area contributed by atoms with Gasteiger partial charge in [0.05, 0.1) is 12.3 Å². The number of carboxylic acids is 1. The van der Waals surface area contributed by atoms with Crippen LogP contribution < -0.4 is 4.90 Å². The molecule has 0 saturated heterocycles. The van der Waals surface area contributed by atoms with Crippen molar-refractivity contribution in [2.45, 2.75) is 19.8 Å². The number of carbonyl (C=O) groups is 1. The molecule has 0 bridgehead atoms. The molecule has 0 aliphatic rings. The molecule has 0 unspecified atom stereocenters. The van der Waals surface area contributed by atoms with Crippen LogP contribution in [0.1, 0.15) is 25.5 Å². The van der Waals surface area contributed by atoms with Crippen LogP contribution in [-0.4, -0.2) is 52.5 Å². The molecule has 0 fully saturated rings. The summed E-state index contributed by atoms with van der Waals surface area (Å²) in [7, 11) is 1.59. The molecule has 2 aromatic heterocycles. The molecule has 0 aliphatic heterocycles. The minimum absolute atomic E-state index is 0.127. The summed E-state index contributed by atoms with van der Waals surface area (Å²) in [5.74, 6) is -0.000460. The molecule has 2 aromatic rings. The fraction of sp³-hybridized carbons (Fsp3) is 0.500. The van der Waals surface area contributed by atoms with E-state index in [-0.39, 0.29) is 6.54 Å². The predicted molar refractivity (Wildman–Crippen MR) is 78.8 cm³/mol. The number of carboxylic acid groups (broad SMARTS) is 1. The van der Waals surface area contributed by atoms with E-state index in [9.17, 15) is 4.79 Å². The molecule has 0 amide bonds. The molecule has 0 aromatic carbocycles. The molecule has 7 heteroatoms. The van der Waals surface area contributed by atoms with E-state index in [0.29, 0.717) is 24.9 Å². The maximum Gasteiger partial charge on any atom is 0.323 e. The Balaban J connectivity index is 2.43. The second-order valence-electron chi connectivity index (χ2n) is 5.11. The topological polar surface area (TPSA) is 80.0 Å². The summed E-state index contributed by atoms with van der Waals surface area (Å²) in [4.78, 5) is 17.1. The third-order valence-corrected chi connectivity index (χ3v) is 3.17. The van der Waals surface area contributed by atoms with Crippen LogP contribution in [0.15, 0.2) is 18.5 Å². The average molecular weight is 292 g/mol. The van der Waals surface area contributed by atoms with Gasteiger partial charge in [0, 0.05) is 26.0 Å². The minimum atomic E-state index is -0.904. The van der Waals surface area contributed by atoms with E-state index in [2.05, 4.69) is 23.9 Å². The van der Waals surface area contributed by atoms with Gasteiger partial charge in [-0.2, -0.15) is 5.10 Å². The second kappa shape index (κ2) is 6.53. The van der Waals surface area contributed by atoms with Gasteiger partial charge in [-0.3, -0.25) is 4.79 Å². The van der Waals surface area contributed by atoms with Gasteiger partial charge in [0.2, 0.25) is 0 Å². The molecule has 1 N–H and O–H groups in total. The van der Waals surface area contributed by atoms with Crippen molar-refractivity contribution < 1.29 is 14.6 Å². The van der Waals surface area contributed by atoms with Crippen molar-refractivity contribution in [2.24, 2.45) is 0 Å². The van der Waals surface area contributed by atoms with Gasteiger partial charge in [-0.1, -0.05) is 13.8 Å². The van der Waals surface area contributed by atoms with Gasteiger partial charge >= 0.3 is 5.97 Å². The number of hydrogen-bond acceptors (Lipinski definition) is 5. The Morgan fingerprint density at radius 1 is 1.52 bits per heavy atom. The second-order valence-corrected chi connectivity index (χ2v) is 5.11. The Hall–Kier alpha value is -2.15. The van der Waals surface area contributed by atoms with E-state index < -0.39 is 5.97 Å². The number of fused-ring (bicyclic) bond motifs is 1. The van der Waals surface area contributed by atoms with Crippen LogP contribution in [0.2, 0.25) is 0 Å². The summed E-state index contributed by atoms with van der Waals surface area (Å²) in [5, 5.41) is 13.6. The first-order valence-electron chi connectivity index (χ1n) is 6.83. The Kier molecular flexibility index (Phi) is 4.74. The molecule has 0 spiro atoms. The molecule has 7 nitrogen and oxygen atoms in total. The van der Waals surface area contributed by atoms with Gasteiger partial charge in [-0.05, 0) is 12.0 Å². The van der Waals surface area contributed by atoms with Crippen molar-refractivity contribution in [3.63, 3.8) is 0 Å². The number of anilines is 1. The summed E-state index contributed by atoms with van der Waals surface area (Å²) < 4.78 is 6.78. The lowest BCUT2D eigenvalue weighted by molar-refractivity contribution is -0.135. The number of rotatable bonds is 7. The number of ether oxygens (including phenoxy) is 1. The lowest BCUT2D eigenvalue weighted by atomic mass is 10.1. The molecule has 2 rings (SSSR count). The maximum atomic E-state index is 11.1. The van der Waals surface area contributed by atoms with E-state index in [0.717, 1.165) is 11.2 Å². The van der Waals surface area contributed by atoms with Gasteiger partial charge in [0.1, 0.15) is 12.1 Å². The largest absolute Gasteiger partial charge is 0.480 e. The number of aromatic nitrogens is 3. The Morgan fingerprint density at radius 2 is 2.29 bits per heavy atom. The molecule has 0 radical (unpaired) electrons. The van der Waals surface area contributed by atoms with Gasteiger partial charge in [0.25, 0.3) is 0 Å². The Morgan fingerprint density at radius 3 is 2.90 bits per heavy atom. The predicted octanol–water partition coefficient (Wildman–Crippen LogP) is 1.39. The number of aliphatic carboxylic acids is 1. The fourth-order valence-corrected chi connectivity index (χ4v) is 2.08. The number of hydrogen-bond donors (Lipinski definition) is 1. The molecule has 0 aliphatic carbocycles. The quantitative estimate of drug-likeness (QED) is 0.830. The van der Waals surface area contributed by atoms with Crippen molar-refractivity contribution in [1.29, 1.82) is 0 Å². The highest BCUT2D eigenvalue weighted by atomic mass is 16.5. The zero-order valence-corrected chi connectivity index (χ0v) is 12.5. The Labute approximate surface area is 123 Å². The summed E-state index contributed by atoms with van der Waals surface area (Å²) in [6, 6.07) is 1.95. The van der Waals surface area contributed by atoms with Crippen molar-refractivity contribution >= 4 is 17.3 Å². The fourth-order valence-electron chi connectivity index (χ4n) is 2.08. The summed E-state index contributed by atoms with van der Waals surface area (Å²) in [5.41, 5.74) is 1.75. The number of methoxy groups -OCH3 is 1. The first-order chi connectivity index (χ1) is 10.0. The van der Waals surface area contributed by atoms with E-state index in [1.54, 1.807) is 28.9 Å². The lowest BCUT2D eigenvalue weighted by Gasteiger charge is -2.21. The average Bonchev–Trinajstić information content (AvgIpc) is 2.87. The zero-order valence-electron chi connectivity index (χ0n) is 12.5. The number of nitrogens with zero attached hydrogens (tertiary/aromatic N) is 4. The third-order valence-electron chi connectivity index (χ3n) is 3.17. The van der Waals surface area contributed by atoms with Gasteiger partial charge in [0.15, 0.2) is 5.82 Å². The highest BCUT2D eigenvalue weighted by Crippen LogP contribution is 2.22. The standard InChI is InChI=1S/C14H20N4O3/c1-10(2)11-8-12-14(15-4-5-18(12)16-11)17(6-7-21-3)9-13(19)20/h4-5,8,10H,6-7,9H2,1-3H3,(H,19,20). The highest BCUT2D eigenvalue weighted by Gasteiger charge is 2.17. The van der Waals surface area contributed by atoms with Gasteiger partial charge in [-0.15, -0.1) is 0 Å². The molecule has 0 saturated carbocycles. The van der Waals surface area contributed by atoms with Crippen LogP contribution in [-0.2, 0) is 9.53 Å². The van der Waals surface area contributed by atoms with E-state index in [4.69, 9.17) is 9.84 Å². The molecular weight excluding hydrogens is 272 g/mol. The normalized spacial score (nSPS) is 11.2. The van der Waals surface area contributed by atoms with Crippen LogP contribution in [0.5, 0.6) is 0 Å².